The quantitative estimate of drug-likeness (QED) is 0.781. The van der Waals surface area contributed by atoms with E-state index in [2.05, 4.69) is 5.32 Å². The molecule has 19 heavy (non-hydrogen) atoms. The summed E-state index contributed by atoms with van der Waals surface area (Å²) < 4.78 is 0. The summed E-state index contributed by atoms with van der Waals surface area (Å²) in [5.41, 5.74) is -0.775. The van der Waals surface area contributed by atoms with Gasteiger partial charge in [0.15, 0.2) is 0 Å². The van der Waals surface area contributed by atoms with Crippen LogP contribution in [0.5, 0.6) is 0 Å². The zero-order valence-corrected chi connectivity index (χ0v) is 13.0. The van der Waals surface area contributed by atoms with E-state index in [9.17, 15) is 9.59 Å². The van der Waals surface area contributed by atoms with Gasteiger partial charge in [0.1, 0.15) is 6.54 Å². The Morgan fingerprint density at radius 1 is 1.05 bits per heavy atom. The van der Waals surface area contributed by atoms with Gasteiger partial charge in [0.25, 0.3) is 0 Å². The van der Waals surface area contributed by atoms with Crippen molar-refractivity contribution in [1.82, 2.24) is 10.2 Å². The second-order valence-corrected chi connectivity index (χ2v) is 5.92. The molecule has 0 spiro atoms. The SMILES string of the molecule is CCC(CC)(CC)NC(=O)N(CC(=O)O)C(C)(C)C. The number of carbonyl (C=O) groups is 2. The Balaban J connectivity index is 5.06. The highest BCUT2D eigenvalue weighted by atomic mass is 16.4. The molecule has 0 aliphatic heterocycles. The van der Waals surface area contributed by atoms with Crippen LogP contribution in [0.1, 0.15) is 60.8 Å². The van der Waals surface area contributed by atoms with Crippen molar-refractivity contribution in [1.29, 1.82) is 0 Å². The van der Waals surface area contributed by atoms with Gasteiger partial charge in [-0.2, -0.15) is 0 Å². The first-order valence-electron chi connectivity index (χ1n) is 6.93. The summed E-state index contributed by atoms with van der Waals surface area (Å²) in [7, 11) is 0. The monoisotopic (exact) mass is 272 g/mol. The van der Waals surface area contributed by atoms with E-state index >= 15 is 0 Å². The van der Waals surface area contributed by atoms with Crippen molar-refractivity contribution >= 4 is 12.0 Å². The Morgan fingerprint density at radius 3 is 1.74 bits per heavy atom. The lowest BCUT2D eigenvalue weighted by Gasteiger charge is -2.39. The molecule has 0 rings (SSSR count). The van der Waals surface area contributed by atoms with Gasteiger partial charge in [-0.1, -0.05) is 20.8 Å². The van der Waals surface area contributed by atoms with Crippen molar-refractivity contribution < 1.29 is 14.7 Å². The largest absolute Gasteiger partial charge is 0.480 e. The molecular formula is C14H28N2O3. The maximum absolute atomic E-state index is 12.4. The van der Waals surface area contributed by atoms with Crippen LogP contribution < -0.4 is 5.32 Å². The lowest BCUT2D eigenvalue weighted by Crippen LogP contribution is -2.58. The van der Waals surface area contributed by atoms with E-state index in [0.717, 1.165) is 19.3 Å². The fraction of sp³-hybridized carbons (Fsp3) is 0.857. The fourth-order valence-corrected chi connectivity index (χ4v) is 2.06. The van der Waals surface area contributed by atoms with Gasteiger partial charge in [-0.25, -0.2) is 4.79 Å². The molecule has 0 heterocycles. The molecule has 0 aliphatic rings. The zero-order chi connectivity index (χ0) is 15.3. The minimum atomic E-state index is -1.000. The van der Waals surface area contributed by atoms with Gasteiger partial charge in [-0.3, -0.25) is 4.79 Å². The summed E-state index contributed by atoms with van der Waals surface area (Å²) in [5.74, 6) is -1.000. The van der Waals surface area contributed by atoms with Crippen LogP contribution in [-0.4, -0.2) is 39.6 Å². The molecule has 0 unspecified atom stereocenters. The summed E-state index contributed by atoms with van der Waals surface area (Å²) >= 11 is 0. The molecule has 0 saturated heterocycles. The number of hydrogen-bond donors (Lipinski definition) is 2. The Labute approximate surface area is 116 Å². The van der Waals surface area contributed by atoms with E-state index in [1.807, 2.05) is 41.5 Å². The van der Waals surface area contributed by atoms with E-state index in [0.29, 0.717) is 0 Å². The van der Waals surface area contributed by atoms with Crippen LogP contribution in [-0.2, 0) is 4.79 Å². The first-order valence-corrected chi connectivity index (χ1v) is 6.93. The summed E-state index contributed by atoms with van der Waals surface area (Å²) in [5, 5.41) is 12.0. The second kappa shape index (κ2) is 6.78. The first kappa shape index (κ1) is 17.7. The average Bonchev–Trinajstić information content (AvgIpc) is 2.31. The highest BCUT2D eigenvalue weighted by Gasteiger charge is 2.33. The number of urea groups is 1. The molecule has 112 valence electrons. The number of rotatable bonds is 6. The van der Waals surface area contributed by atoms with Crippen molar-refractivity contribution in [3.05, 3.63) is 0 Å². The van der Waals surface area contributed by atoms with Gasteiger partial charge < -0.3 is 15.3 Å². The van der Waals surface area contributed by atoms with Gasteiger partial charge in [0.2, 0.25) is 0 Å². The molecule has 0 aromatic rings. The summed E-state index contributed by atoms with van der Waals surface area (Å²) in [6.07, 6.45) is 2.49. The van der Waals surface area contributed by atoms with Crippen LogP contribution in [0.25, 0.3) is 0 Å². The number of nitrogens with one attached hydrogen (secondary N) is 1. The van der Waals surface area contributed by atoms with E-state index in [4.69, 9.17) is 5.11 Å². The third-order valence-corrected chi connectivity index (χ3v) is 3.75. The molecule has 0 saturated carbocycles. The van der Waals surface area contributed by atoms with Crippen molar-refractivity contribution in [2.45, 2.75) is 71.9 Å². The van der Waals surface area contributed by atoms with E-state index in [1.54, 1.807) is 0 Å². The van der Waals surface area contributed by atoms with Gasteiger partial charge in [0, 0.05) is 11.1 Å². The lowest BCUT2D eigenvalue weighted by atomic mass is 9.90. The average molecular weight is 272 g/mol. The molecule has 0 atom stereocenters. The third-order valence-electron chi connectivity index (χ3n) is 3.75. The standard InChI is InChI=1S/C14H28N2O3/c1-7-14(8-2,9-3)15-12(19)16(10-11(17)18)13(4,5)6/h7-10H2,1-6H3,(H,15,19)(H,17,18). The highest BCUT2D eigenvalue weighted by molar-refractivity contribution is 5.81. The third kappa shape index (κ3) is 5.09. The van der Waals surface area contributed by atoms with Crippen LogP contribution in [0.15, 0.2) is 0 Å². The summed E-state index contributed by atoms with van der Waals surface area (Å²) in [6.45, 7) is 11.3. The van der Waals surface area contributed by atoms with Crippen LogP contribution in [0, 0.1) is 0 Å². The van der Waals surface area contributed by atoms with Gasteiger partial charge >= 0.3 is 12.0 Å². The molecule has 0 aromatic heterocycles. The highest BCUT2D eigenvalue weighted by Crippen LogP contribution is 2.21. The first-order chi connectivity index (χ1) is 8.61. The van der Waals surface area contributed by atoms with Crippen LogP contribution in [0.3, 0.4) is 0 Å². The summed E-state index contributed by atoms with van der Waals surface area (Å²) in [4.78, 5) is 24.6. The van der Waals surface area contributed by atoms with Crippen LogP contribution in [0.2, 0.25) is 0 Å². The number of aliphatic carboxylic acids is 1. The van der Waals surface area contributed by atoms with Crippen molar-refractivity contribution in [2.24, 2.45) is 0 Å². The normalized spacial score (nSPS) is 12.1. The topological polar surface area (TPSA) is 69.6 Å². The smallest absolute Gasteiger partial charge is 0.323 e. The van der Waals surface area contributed by atoms with Crippen molar-refractivity contribution in [3.63, 3.8) is 0 Å². The second-order valence-electron chi connectivity index (χ2n) is 5.92. The Kier molecular flexibility index (Phi) is 6.33. The number of amides is 2. The predicted octanol–water partition coefficient (Wildman–Crippen LogP) is 2.85. The predicted molar refractivity (Wildman–Crippen MR) is 76.2 cm³/mol. The summed E-state index contributed by atoms with van der Waals surface area (Å²) in [6, 6.07) is -0.305. The van der Waals surface area contributed by atoms with Crippen molar-refractivity contribution in [3.8, 4) is 0 Å². The van der Waals surface area contributed by atoms with Crippen LogP contribution >= 0.6 is 0 Å². The van der Waals surface area contributed by atoms with Gasteiger partial charge in [-0.05, 0) is 40.0 Å². The molecule has 0 fully saturated rings. The van der Waals surface area contributed by atoms with E-state index < -0.39 is 11.5 Å². The van der Waals surface area contributed by atoms with Gasteiger partial charge in [0.05, 0.1) is 0 Å². The Morgan fingerprint density at radius 2 is 1.47 bits per heavy atom. The molecule has 0 radical (unpaired) electrons. The molecule has 0 aromatic carbocycles. The number of carboxylic acid groups (broad SMARTS) is 1. The molecule has 2 amide bonds. The molecular weight excluding hydrogens is 244 g/mol. The zero-order valence-electron chi connectivity index (χ0n) is 13.0. The minimum Gasteiger partial charge on any atom is -0.480 e. The number of nitrogens with zero attached hydrogens (tertiary/aromatic N) is 1. The van der Waals surface area contributed by atoms with Crippen LogP contribution in [0.4, 0.5) is 4.79 Å². The maximum atomic E-state index is 12.4. The fourth-order valence-electron chi connectivity index (χ4n) is 2.06. The van der Waals surface area contributed by atoms with Gasteiger partial charge in [-0.15, -0.1) is 0 Å². The molecule has 2 N–H and O–H groups in total. The maximum Gasteiger partial charge on any atom is 0.323 e. The molecule has 0 aliphatic carbocycles. The lowest BCUT2D eigenvalue weighted by molar-refractivity contribution is -0.138. The number of hydrogen-bond acceptors (Lipinski definition) is 2. The number of carboxylic acids is 1. The molecule has 5 nitrogen and oxygen atoms in total. The van der Waals surface area contributed by atoms with Crippen molar-refractivity contribution in [2.75, 3.05) is 6.54 Å². The minimum absolute atomic E-state index is 0.251. The van der Waals surface area contributed by atoms with E-state index in [-0.39, 0.29) is 18.1 Å². The Hall–Kier alpha value is -1.26. The number of carbonyl (C=O) groups excluding carboxylic acids is 1. The van der Waals surface area contributed by atoms with E-state index in [1.165, 1.54) is 4.90 Å². The Bertz CT molecular complexity index is 309. The molecule has 0 bridgehead atoms. The molecule has 5 heteroatoms.